The molecule has 0 heterocycles. The average Bonchev–Trinajstić information content (AvgIpc) is 2.44. The van der Waals surface area contributed by atoms with E-state index in [1.807, 2.05) is 0 Å². The Bertz CT molecular complexity index is 607. The maximum absolute atomic E-state index is 10.1. The number of fused-ring (bicyclic) bond motifs is 1. The first kappa shape index (κ1) is 13.1. The molecule has 0 aliphatic carbocycles. The molecule has 1 N–H and O–H groups in total. The first-order valence-corrected chi connectivity index (χ1v) is 5.66. The van der Waals surface area contributed by atoms with E-state index < -0.39 is 0 Å². The molecule has 0 aliphatic rings. The maximum atomic E-state index is 10.1. The van der Waals surface area contributed by atoms with Crippen LogP contribution in [0.2, 0.25) is 0 Å². The minimum atomic E-state index is 0.0622. The minimum Gasteiger partial charge on any atom is -0.507 e. The largest absolute Gasteiger partial charge is 0.507 e. The molecule has 0 amide bonds. The Hall–Kier alpha value is -2.30. The second-order valence-electron chi connectivity index (χ2n) is 3.89. The van der Waals surface area contributed by atoms with E-state index in [2.05, 4.69) is 0 Å². The third kappa shape index (κ3) is 2.07. The van der Waals surface area contributed by atoms with Crippen molar-refractivity contribution in [1.82, 2.24) is 0 Å². The normalized spacial score (nSPS) is 10.3. The highest BCUT2D eigenvalue weighted by Crippen LogP contribution is 2.47. The summed E-state index contributed by atoms with van der Waals surface area (Å²) in [6.07, 6.45) is 0. The second-order valence-corrected chi connectivity index (χ2v) is 3.89. The van der Waals surface area contributed by atoms with Gasteiger partial charge in [-0.1, -0.05) is 0 Å². The van der Waals surface area contributed by atoms with Crippen LogP contribution < -0.4 is 18.9 Å². The van der Waals surface area contributed by atoms with Crippen molar-refractivity contribution in [2.75, 3.05) is 28.4 Å². The van der Waals surface area contributed by atoms with E-state index in [1.165, 1.54) is 20.3 Å². The highest BCUT2D eigenvalue weighted by molar-refractivity contribution is 5.98. The topological polar surface area (TPSA) is 57.2 Å². The van der Waals surface area contributed by atoms with Gasteiger partial charge < -0.3 is 24.1 Å². The van der Waals surface area contributed by atoms with Crippen molar-refractivity contribution >= 4 is 10.8 Å². The predicted molar refractivity (Wildman–Crippen MR) is 71.8 cm³/mol. The third-order valence-electron chi connectivity index (χ3n) is 2.93. The van der Waals surface area contributed by atoms with Gasteiger partial charge in [-0.2, -0.15) is 0 Å². The summed E-state index contributed by atoms with van der Waals surface area (Å²) in [7, 11) is 6.12. The molecule has 2 aromatic rings. The molecule has 0 fully saturated rings. The molecule has 0 saturated heterocycles. The summed E-state index contributed by atoms with van der Waals surface area (Å²) in [5, 5.41) is 11.4. The van der Waals surface area contributed by atoms with Gasteiger partial charge in [-0.15, -0.1) is 0 Å². The highest BCUT2D eigenvalue weighted by atomic mass is 16.5. The van der Waals surface area contributed by atoms with E-state index in [-0.39, 0.29) is 5.75 Å². The van der Waals surface area contributed by atoms with E-state index in [4.69, 9.17) is 18.9 Å². The Balaban J connectivity index is 2.88. The van der Waals surface area contributed by atoms with Crippen LogP contribution in [0, 0.1) is 0 Å². The molecule has 0 aromatic heterocycles. The molecule has 2 aromatic carbocycles. The van der Waals surface area contributed by atoms with Gasteiger partial charge in [-0.25, -0.2) is 0 Å². The maximum Gasteiger partial charge on any atom is 0.204 e. The van der Waals surface area contributed by atoms with E-state index in [0.29, 0.717) is 28.4 Å². The van der Waals surface area contributed by atoms with Gasteiger partial charge in [0.05, 0.1) is 33.8 Å². The molecule has 0 saturated carbocycles. The lowest BCUT2D eigenvalue weighted by atomic mass is 10.1. The van der Waals surface area contributed by atoms with Crippen LogP contribution in [-0.4, -0.2) is 33.5 Å². The van der Waals surface area contributed by atoms with Gasteiger partial charge in [0.2, 0.25) is 5.75 Å². The number of rotatable bonds is 4. The molecule has 0 atom stereocenters. The lowest BCUT2D eigenvalue weighted by molar-refractivity contribution is 0.326. The zero-order valence-corrected chi connectivity index (χ0v) is 11.3. The van der Waals surface area contributed by atoms with Crippen LogP contribution in [0.1, 0.15) is 0 Å². The fourth-order valence-corrected chi connectivity index (χ4v) is 2.07. The Kier molecular flexibility index (Phi) is 3.55. The lowest BCUT2D eigenvalue weighted by Crippen LogP contribution is -1.96. The fourth-order valence-electron chi connectivity index (χ4n) is 2.07. The third-order valence-corrected chi connectivity index (χ3v) is 2.93. The molecular weight excluding hydrogens is 248 g/mol. The van der Waals surface area contributed by atoms with Gasteiger partial charge in [0.1, 0.15) is 11.5 Å². The molecule has 5 heteroatoms. The van der Waals surface area contributed by atoms with E-state index in [1.54, 1.807) is 26.4 Å². The van der Waals surface area contributed by atoms with Crippen LogP contribution >= 0.6 is 0 Å². The van der Waals surface area contributed by atoms with E-state index in [9.17, 15) is 5.11 Å². The number of phenolic OH excluding ortho intramolecular Hbond substituents is 1. The van der Waals surface area contributed by atoms with Gasteiger partial charge in [0, 0.05) is 6.07 Å². The highest BCUT2D eigenvalue weighted by Gasteiger charge is 2.19. The van der Waals surface area contributed by atoms with E-state index >= 15 is 0 Å². The molecule has 0 unspecified atom stereocenters. The van der Waals surface area contributed by atoms with Crippen LogP contribution in [0.4, 0.5) is 0 Å². The van der Waals surface area contributed by atoms with Crippen molar-refractivity contribution in [2.45, 2.75) is 0 Å². The Morgan fingerprint density at radius 2 is 1.47 bits per heavy atom. The molecule has 0 spiro atoms. The molecule has 5 nitrogen and oxygen atoms in total. The quantitative estimate of drug-likeness (QED) is 0.919. The molecular formula is C14H16O5. The summed E-state index contributed by atoms with van der Waals surface area (Å²) in [5.41, 5.74) is 0. The Morgan fingerprint density at radius 3 is 2.00 bits per heavy atom. The average molecular weight is 264 g/mol. The SMILES string of the molecule is COc1cc(O)c2c(OC)c(OC)c(OC)cc2c1. The fraction of sp³-hybridized carbons (Fsp3) is 0.286. The van der Waals surface area contributed by atoms with Crippen molar-refractivity contribution < 1.29 is 24.1 Å². The van der Waals surface area contributed by atoms with Gasteiger partial charge in [-0.3, -0.25) is 0 Å². The van der Waals surface area contributed by atoms with Gasteiger partial charge in [-0.05, 0) is 17.5 Å². The number of hydrogen-bond acceptors (Lipinski definition) is 5. The zero-order valence-electron chi connectivity index (χ0n) is 11.3. The van der Waals surface area contributed by atoms with Crippen LogP contribution in [-0.2, 0) is 0 Å². The monoisotopic (exact) mass is 264 g/mol. The summed E-state index contributed by atoms with van der Waals surface area (Å²) in [6.45, 7) is 0. The summed E-state index contributed by atoms with van der Waals surface area (Å²) in [6, 6.07) is 5.08. The molecule has 0 bridgehead atoms. The van der Waals surface area contributed by atoms with Crippen LogP contribution in [0.3, 0.4) is 0 Å². The van der Waals surface area contributed by atoms with Crippen molar-refractivity contribution in [3.63, 3.8) is 0 Å². The Labute approximate surface area is 111 Å². The van der Waals surface area contributed by atoms with E-state index in [0.717, 1.165) is 5.39 Å². The minimum absolute atomic E-state index is 0.0622. The molecule has 102 valence electrons. The number of phenols is 1. The number of hydrogen-bond donors (Lipinski definition) is 1. The van der Waals surface area contributed by atoms with Crippen LogP contribution in [0.25, 0.3) is 10.8 Å². The Morgan fingerprint density at radius 1 is 0.789 bits per heavy atom. The predicted octanol–water partition coefficient (Wildman–Crippen LogP) is 2.58. The summed E-state index contributed by atoms with van der Waals surface area (Å²) < 4.78 is 21.0. The standard InChI is InChI=1S/C14H16O5/c1-16-9-5-8-6-11(17-2)13(18-3)14(19-4)12(8)10(15)7-9/h5-7,15H,1-4H3. The molecule has 19 heavy (non-hydrogen) atoms. The smallest absolute Gasteiger partial charge is 0.204 e. The first-order valence-electron chi connectivity index (χ1n) is 5.66. The van der Waals surface area contributed by atoms with Gasteiger partial charge in [0.15, 0.2) is 11.5 Å². The van der Waals surface area contributed by atoms with Gasteiger partial charge in [0.25, 0.3) is 0 Å². The van der Waals surface area contributed by atoms with Crippen molar-refractivity contribution in [1.29, 1.82) is 0 Å². The number of methoxy groups -OCH3 is 4. The van der Waals surface area contributed by atoms with Crippen LogP contribution in [0.5, 0.6) is 28.7 Å². The van der Waals surface area contributed by atoms with Gasteiger partial charge >= 0.3 is 0 Å². The number of benzene rings is 2. The summed E-state index contributed by atoms with van der Waals surface area (Å²) >= 11 is 0. The zero-order chi connectivity index (χ0) is 14.0. The van der Waals surface area contributed by atoms with Crippen molar-refractivity contribution in [3.05, 3.63) is 18.2 Å². The van der Waals surface area contributed by atoms with Crippen molar-refractivity contribution in [3.8, 4) is 28.7 Å². The number of aromatic hydroxyl groups is 1. The summed E-state index contributed by atoms with van der Waals surface area (Å²) in [4.78, 5) is 0. The van der Waals surface area contributed by atoms with Crippen molar-refractivity contribution in [2.24, 2.45) is 0 Å². The summed E-state index contributed by atoms with van der Waals surface area (Å²) in [5.74, 6) is 2.01. The molecule has 0 aliphatic heterocycles. The molecule has 2 rings (SSSR count). The molecule has 0 radical (unpaired) electrons. The first-order chi connectivity index (χ1) is 9.15. The number of ether oxygens (including phenoxy) is 4. The lowest BCUT2D eigenvalue weighted by Gasteiger charge is -2.16. The van der Waals surface area contributed by atoms with Crippen LogP contribution in [0.15, 0.2) is 18.2 Å². The second kappa shape index (κ2) is 5.14.